The third kappa shape index (κ3) is 3.51. The van der Waals surface area contributed by atoms with E-state index < -0.39 is 5.41 Å². The molecule has 3 nitrogen and oxygen atoms in total. The molecule has 2 aliphatic rings. The van der Waals surface area contributed by atoms with Gasteiger partial charge in [-0.25, -0.2) is 0 Å². The summed E-state index contributed by atoms with van der Waals surface area (Å²) in [6.45, 7) is 2.94. The van der Waals surface area contributed by atoms with Crippen molar-refractivity contribution in [3.05, 3.63) is 35.9 Å². The van der Waals surface area contributed by atoms with Crippen molar-refractivity contribution in [1.29, 1.82) is 0 Å². The van der Waals surface area contributed by atoms with E-state index in [0.29, 0.717) is 19.1 Å². The minimum absolute atomic E-state index is 0.000133. The van der Waals surface area contributed by atoms with Crippen molar-refractivity contribution in [3.8, 4) is 0 Å². The Bertz CT molecular complexity index is 521. The largest absolute Gasteiger partial charge is 0.465 e. The molecule has 0 aromatic heterocycles. The lowest BCUT2D eigenvalue weighted by Gasteiger charge is -2.41. The maximum absolute atomic E-state index is 13.0. The first kappa shape index (κ1) is 17.5. The molecule has 0 spiro atoms. The van der Waals surface area contributed by atoms with Gasteiger partial charge in [0, 0.05) is 0 Å². The Kier molecular flexibility index (Phi) is 5.94. The molecular formula is C21H30O3. The van der Waals surface area contributed by atoms with E-state index in [0.717, 1.165) is 32.1 Å². The number of ether oxygens (including phenoxy) is 2. The van der Waals surface area contributed by atoms with Crippen molar-refractivity contribution in [2.45, 2.75) is 71.0 Å². The Balaban J connectivity index is 1.78. The molecule has 0 radical (unpaired) electrons. The predicted molar refractivity (Wildman–Crippen MR) is 94.5 cm³/mol. The van der Waals surface area contributed by atoms with Crippen LogP contribution in [0.15, 0.2) is 30.3 Å². The van der Waals surface area contributed by atoms with Crippen LogP contribution in [0.3, 0.4) is 0 Å². The van der Waals surface area contributed by atoms with Crippen LogP contribution < -0.4 is 0 Å². The quantitative estimate of drug-likeness (QED) is 0.697. The summed E-state index contributed by atoms with van der Waals surface area (Å²) >= 11 is 0. The monoisotopic (exact) mass is 330 g/mol. The highest BCUT2D eigenvalue weighted by molar-refractivity contribution is 5.78. The molecule has 0 saturated heterocycles. The Morgan fingerprint density at radius 1 is 1.08 bits per heavy atom. The van der Waals surface area contributed by atoms with E-state index in [-0.39, 0.29) is 12.1 Å². The number of esters is 1. The van der Waals surface area contributed by atoms with Gasteiger partial charge in [0.25, 0.3) is 0 Å². The predicted octanol–water partition coefficient (Wildman–Crippen LogP) is 4.89. The summed E-state index contributed by atoms with van der Waals surface area (Å²) in [7, 11) is 0. The number of rotatable bonds is 6. The van der Waals surface area contributed by atoms with Gasteiger partial charge in [-0.2, -0.15) is 0 Å². The summed E-state index contributed by atoms with van der Waals surface area (Å²) in [6, 6.07) is 10.3. The van der Waals surface area contributed by atoms with Gasteiger partial charge >= 0.3 is 5.97 Å². The van der Waals surface area contributed by atoms with Crippen molar-refractivity contribution in [1.82, 2.24) is 0 Å². The maximum Gasteiger partial charge on any atom is 0.314 e. The fraction of sp³-hybridized carbons (Fsp3) is 0.667. The van der Waals surface area contributed by atoms with E-state index in [1.54, 1.807) is 0 Å². The molecule has 1 aromatic rings. The van der Waals surface area contributed by atoms with Gasteiger partial charge in [-0.15, -0.1) is 0 Å². The average Bonchev–Trinajstić information content (AvgIpc) is 3.07. The molecule has 0 aliphatic heterocycles. The van der Waals surface area contributed by atoms with Crippen LogP contribution in [-0.4, -0.2) is 18.7 Å². The number of hydrogen-bond acceptors (Lipinski definition) is 3. The summed E-state index contributed by atoms with van der Waals surface area (Å²) in [6.07, 6.45) is 9.01. The van der Waals surface area contributed by atoms with Crippen LogP contribution in [0.5, 0.6) is 0 Å². The van der Waals surface area contributed by atoms with E-state index in [9.17, 15) is 4.79 Å². The zero-order valence-corrected chi connectivity index (χ0v) is 14.8. The first-order chi connectivity index (χ1) is 11.8. The van der Waals surface area contributed by atoms with Gasteiger partial charge in [-0.1, -0.05) is 49.6 Å². The average molecular weight is 330 g/mol. The lowest BCUT2D eigenvalue weighted by molar-refractivity contribution is -0.172. The fourth-order valence-electron chi connectivity index (χ4n) is 4.75. The standard InChI is InChI=1S/C21H30O3/c1-2-23-20(22)21(18-12-7-4-8-13-18)15-9-14-19(21)24-16-17-10-5-3-6-11-17/h3,5-6,10-11,18-19H,2,4,7-9,12-16H2,1H3. The topological polar surface area (TPSA) is 35.5 Å². The fourth-order valence-corrected chi connectivity index (χ4v) is 4.75. The van der Waals surface area contributed by atoms with Crippen LogP contribution in [0.1, 0.15) is 63.9 Å². The molecule has 24 heavy (non-hydrogen) atoms. The third-order valence-corrected chi connectivity index (χ3v) is 5.91. The molecule has 1 aromatic carbocycles. The molecule has 132 valence electrons. The normalized spacial score (nSPS) is 28.0. The Hall–Kier alpha value is -1.35. The molecule has 3 rings (SSSR count). The number of benzene rings is 1. The van der Waals surface area contributed by atoms with E-state index in [4.69, 9.17) is 9.47 Å². The second kappa shape index (κ2) is 8.15. The molecule has 0 N–H and O–H groups in total. The molecule has 2 unspecified atom stereocenters. The van der Waals surface area contributed by atoms with Gasteiger partial charge in [-0.3, -0.25) is 4.79 Å². The van der Waals surface area contributed by atoms with Crippen LogP contribution in [0.2, 0.25) is 0 Å². The smallest absolute Gasteiger partial charge is 0.314 e. The van der Waals surface area contributed by atoms with Gasteiger partial charge < -0.3 is 9.47 Å². The first-order valence-corrected chi connectivity index (χ1v) is 9.60. The zero-order valence-electron chi connectivity index (χ0n) is 14.8. The van der Waals surface area contributed by atoms with Crippen molar-refractivity contribution in [2.75, 3.05) is 6.61 Å². The van der Waals surface area contributed by atoms with Crippen molar-refractivity contribution < 1.29 is 14.3 Å². The molecule has 2 fully saturated rings. The van der Waals surface area contributed by atoms with E-state index in [2.05, 4.69) is 12.1 Å². The second-order valence-electron chi connectivity index (χ2n) is 7.27. The lowest BCUT2D eigenvalue weighted by atomic mass is 9.66. The molecule has 3 heteroatoms. The summed E-state index contributed by atoms with van der Waals surface area (Å²) in [5, 5.41) is 0. The van der Waals surface area contributed by atoms with Gasteiger partial charge in [0.05, 0.1) is 24.7 Å². The SMILES string of the molecule is CCOC(=O)C1(C2CCCCC2)CCCC1OCc1ccccc1. The van der Waals surface area contributed by atoms with Crippen LogP contribution in [0.4, 0.5) is 0 Å². The maximum atomic E-state index is 13.0. The number of carbonyl (C=O) groups is 1. The highest BCUT2D eigenvalue weighted by atomic mass is 16.5. The van der Waals surface area contributed by atoms with Gasteiger partial charge in [0.2, 0.25) is 0 Å². The third-order valence-electron chi connectivity index (χ3n) is 5.91. The van der Waals surface area contributed by atoms with Crippen molar-refractivity contribution in [2.24, 2.45) is 11.3 Å². The lowest BCUT2D eigenvalue weighted by Crippen LogP contribution is -2.47. The molecule has 2 aliphatic carbocycles. The van der Waals surface area contributed by atoms with Crippen LogP contribution in [0.25, 0.3) is 0 Å². The van der Waals surface area contributed by atoms with E-state index in [1.807, 2.05) is 25.1 Å². The van der Waals surface area contributed by atoms with Crippen LogP contribution in [0, 0.1) is 11.3 Å². The zero-order chi connectivity index (χ0) is 16.8. The Morgan fingerprint density at radius 3 is 2.54 bits per heavy atom. The molecule has 2 saturated carbocycles. The highest BCUT2D eigenvalue weighted by Crippen LogP contribution is 2.52. The van der Waals surface area contributed by atoms with E-state index >= 15 is 0 Å². The Morgan fingerprint density at radius 2 is 1.83 bits per heavy atom. The van der Waals surface area contributed by atoms with Gasteiger partial charge in [-0.05, 0) is 50.5 Å². The molecular weight excluding hydrogens is 300 g/mol. The summed E-state index contributed by atoms with van der Waals surface area (Å²) in [5.41, 5.74) is 0.761. The van der Waals surface area contributed by atoms with Gasteiger partial charge in [0.1, 0.15) is 0 Å². The van der Waals surface area contributed by atoms with Crippen LogP contribution in [-0.2, 0) is 20.9 Å². The first-order valence-electron chi connectivity index (χ1n) is 9.60. The summed E-state index contributed by atoms with van der Waals surface area (Å²) in [4.78, 5) is 13.0. The summed E-state index contributed by atoms with van der Waals surface area (Å²) in [5.74, 6) is 0.418. The Labute approximate surface area is 145 Å². The molecule has 0 bridgehead atoms. The minimum Gasteiger partial charge on any atom is -0.465 e. The van der Waals surface area contributed by atoms with E-state index in [1.165, 1.54) is 24.8 Å². The van der Waals surface area contributed by atoms with Gasteiger partial charge in [0.15, 0.2) is 0 Å². The number of hydrogen-bond donors (Lipinski definition) is 0. The summed E-state index contributed by atoms with van der Waals surface area (Å²) < 4.78 is 11.9. The molecule has 0 heterocycles. The highest BCUT2D eigenvalue weighted by Gasteiger charge is 2.55. The number of carbonyl (C=O) groups excluding carboxylic acids is 1. The minimum atomic E-state index is -0.411. The van der Waals surface area contributed by atoms with Crippen molar-refractivity contribution in [3.63, 3.8) is 0 Å². The second-order valence-corrected chi connectivity index (χ2v) is 7.27. The van der Waals surface area contributed by atoms with Crippen LogP contribution >= 0.6 is 0 Å². The molecule has 2 atom stereocenters. The van der Waals surface area contributed by atoms with Crippen molar-refractivity contribution >= 4 is 5.97 Å². The molecule has 0 amide bonds.